The summed E-state index contributed by atoms with van der Waals surface area (Å²) in [5, 5.41) is 3.44. The van der Waals surface area contributed by atoms with Crippen molar-refractivity contribution in [1.29, 1.82) is 0 Å². The number of nitrogens with one attached hydrogen (secondary N) is 1. The quantitative estimate of drug-likeness (QED) is 0.845. The minimum absolute atomic E-state index is 0.376. The molecule has 1 N–H and O–H groups in total. The van der Waals surface area contributed by atoms with E-state index in [0.717, 1.165) is 25.3 Å². The Hall–Kier alpha value is -1.29. The van der Waals surface area contributed by atoms with Crippen LogP contribution in [0.2, 0.25) is 0 Å². The molecule has 1 fully saturated rings. The zero-order chi connectivity index (χ0) is 11.4. The van der Waals surface area contributed by atoms with Crippen molar-refractivity contribution in [2.45, 2.75) is 19.4 Å². The average molecular weight is 222 g/mol. The second-order valence-corrected chi connectivity index (χ2v) is 4.12. The van der Waals surface area contributed by atoms with Gasteiger partial charge in [-0.1, -0.05) is 0 Å². The number of pyridine rings is 1. The van der Waals surface area contributed by atoms with E-state index in [-0.39, 0.29) is 0 Å². The van der Waals surface area contributed by atoms with Crippen LogP contribution in [0.4, 0.5) is 5.69 Å². The van der Waals surface area contributed by atoms with Crippen LogP contribution in [-0.2, 0) is 4.74 Å². The molecule has 0 spiro atoms. The maximum absolute atomic E-state index is 5.39. The first-order valence-corrected chi connectivity index (χ1v) is 5.64. The second-order valence-electron chi connectivity index (χ2n) is 4.12. The Kier molecular flexibility index (Phi) is 3.62. The highest BCUT2D eigenvalue weighted by Gasteiger charge is 2.22. The largest absolute Gasteiger partial charge is 0.480 e. The van der Waals surface area contributed by atoms with Crippen molar-refractivity contribution >= 4 is 5.69 Å². The molecule has 4 nitrogen and oxygen atoms in total. The fourth-order valence-electron chi connectivity index (χ4n) is 1.97. The van der Waals surface area contributed by atoms with Crippen molar-refractivity contribution < 1.29 is 9.47 Å². The summed E-state index contributed by atoms with van der Waals surface area (Å²) in [7, 11) is 1.64. The van der Waals surface area contributed by atoms with Gasteiger partial charge in [-0.2, -0.15) is 0 Å². The summed E-state index contributed by atoms with van der Waals surface area (Å²) in [5.41, 5.74) is 0.949. The first-order valence-electron chi connectivity index (χ1n) is 5.64. The van der Waals surface area contributed by atoms with Crippen LogP contribution < -0.4 is 10.1 Å². The molecule has 88 valence electrons. The second kappa shape index (κ2) is 5.16. The molecule has 0 amide bonds. The fourth-order valence-corrected chi connectivity index (χ4v) is 1.97. The molecule has 1 aliphatic rings. The van der Waals surface area contributed by atoms with E-state index in [2.05, 4.69) is 17.2 Å². The standard InChI is InChI=1S/C12H18N2O2/c1-9(10-5-7-16-8-10)14-11-4-3-6-13-12(11)15-2/h3-4,6,9-10,14H,5,7-8H2,1-2H3. The summed E-state index contributed by atoms with van der Waals surface area (Å²) >= 11 is 0. The molecule has 1 aromatic heterocycles. The number of methoxy groups -OCH3 is 1. The van der Waals surface area contributed by atoms with Gasteiger partial charge in [0.1, 0.15) is 0 Å². The molecule has 16 heavy (non-hydrogen) atoms. The van der Waals surface area contributed by atoms with Crippen LogP contribution in [0.25, 0.3) is 0 Å². The molecular weight excluding hydrogens is 204 g/mol. The van der Waals surface area contributed by atoms with Crippen LogP contribution in [0.1, 0.15) is 13.3 Å². The van der Waals surface area contributed by atoms with E-state index in [0.29, 0.717) is 17.8 Å². The predicted octanol–water partition coefficient (Wildman–Crippen LogP) is 1.93. The molecule has 0 radical (unpaired) electrons. The van der Waals surface area contributed by atoms with E-state index in [4.69, 9.17) is 9.47 Å². The van der Waals surface area contributed by atoms with Crippen LogP contribution in [0.5, 0.6) is 5.88 Å². The highest BCUT2D eigenvalue weighted by Crippen LogP contribution is 2.25. The van der Waals surface area contributed by atoms with E-state index < -0.39 is 0 Å². The van der Waals surface area contributed by atoms with Gasteiger partial charge in [-0.15, -0.1) is 0 Å². The lowest BCUT2D eigenvalue weighted by Crippen LogP contribution is -2.26. The summed E-state index contributed by atoms with van der Waals surface area (Å²) < 4.78 is 10.6. The van der Waals surface area contributed by atoms with E-state index in [1.54, 1.807) is 13.3 Å². The van der Waals surface area contributed by atoms with Gasteiger partial charge < -0.3 is 14.8 Å². The Morgan fingerprint density at radius 3 is 3.19 bits per heavy atom. The molecule has 4 heteroatoms. The zero-order valence-electron chi connectivity index (χ0n) is 9.77. The van der Waals surface area contributed by atoms with Gasteiger partial charge >= 0.3 is 0 Å². The highest BCUT2D eigenvalue weighted by atomic mass is 16.5. The number of hydrogen-bond donors (Lipinski definition) is 1. The van der Waals surface area contributed by atoms with Crippen LogP contribution >= 0.6 is 0 Å². The maximum atomic E-state index is 5.39. The van der Waals surface area contributed by atoms with Gasteiger partial charge in [0, 0.05) is 24.8 Å². The molecule has 2 rings (SSSR count). The van der Waals surface area contributed by atoms with Crippen molar-refractivity contribution in [2.24, 2.45) is 5.92 Å². The van der Waals surface area contributed by atoms with Crippen molar-refractivity contribution in [3.05, 3.63) is 18.3 Å². The van der Waals surface area contributed by atoms with Gasteiger partial charge in [0.25, 0.3) is 0 Å². The summed E-state index contributed by atoms with van der Waals surface area (Å²) in [6.45, 7) is 3.89. The molecule has 0 bridgehead atoms. The third-order valence-electron chi connectivity index (χ3n) is 3.02. The molecule has 0 aromatic carbocycles. The number of rotatable bonds is 4. The number of nitrogens with zero attached hydrogens (tertiary/aromatic N) is 1. The molecular formula is C12H18N2O2. The monoisotopic (exact) mass is 222 g/mol. The van der Waals surface area contributed by atoms with E-state index in [9.17, 15) is 0 Å². The van der Waals surface area contributed by atoms with Crippen LogP contribution in [0.15, 0.2) is 18.3 Å². The lowest BCUT2D eigenvalue weighted by atomic mass is 10.0. The number of anilines is 1. The fraction of sp³-hybridized carbons (Fsp3) is 0.583. The SMILES string of the molecule is COc1ncccc1NC(C)C1CCOC1. The lowest BCUT2D eigenvalue weighted by Gasteiger charge is -2.21. The number of hydrogen-bond acceptors (Lipinski definition) is 4. The van der Waals surface area contributed by atoms with E-state index in [1.807, 2.05) is 12.1 Å². The van der Waals surface area contributed by atoms with Gasteiger partial charge in [0.15, 0.2) is 0 Å². The average Bonchev–Trinajstić information content (AvgIpc) is 2.83. The summed E-state index contributed by atoms with van der Waals surface area (Å²) in [4.78, 5) is 4.16. The maximum Gasteiger partial charge on any atom is 0.237 e. The number of ether oxygens (including phenoxy) is 2. The third-order valence-corrected chi connectivity index (χ3v) is 3.02. The Morgan fingerprint density at radius 1 is 1.62 bits per heavy atom. The Labute approximate surface area is 96.0 Å². The summed E-state index contributed by atoms with van der Waals surface area (Å²) in [6.07, 6.45) is 2.85. The van der Waals surface area contributed by atoms with Crippen molar-refractivity contribution in [1.82, 2.24) is 4.98 Å². The first kappa shape index (κ1) is 11.2. The Balaban J connectivity index is 2.01. The van der Waals surface area contributed by atoms with Crippen LogP contribution in [0, 0.1) is 5.92 Å². The molecule has 1 aliphatic heterocycles. The summed E-state index contributed by atoms with van der Waals surface area (Å²) in [6, 6.07) is 4.27. The minimum Gasteiger partial charge on any atom is -0.480 e. The van der Waals surface area contributed by atoms with Crippen molar-refractivity contribution in [3.8, 4) is 5.88 Å². The van der Waals surface area contributed by atoms with E-state index in [1.165, 1.54) is 0 Å². The smallest absolute Gasteiger partial charge is 0.237 e. The molecule has 2 heterocycles. The molecule has 2 atom stereocenters. The van der Waals surface area contributed by atoms with Gasteiger partial charge in [-0.25, -0.2) is 4.98 Å². The van der Waals surface area contributed by atoms with Gasteiger partial charge in [-0.05, 0) is 25.5 Å². The molecule has 1 aromatic rings. The topological polar surface area (TPSA) is 43.4 Å². The number of aromatic nitrogens is 1. The molecule has 0 aliphatic carbocycles. The lowest BCUT2D eigenvalue weighted by molar-refractivity contribution is 0.183. The molecule has 2 unspecified atom stereocenters. The molecule has 1 saturated heterocycles. The van der Waals surface area contributed by atoms with Crippen molar-refractivity contribution in [2.75, 3.05) is 25.6 Å². The normalized spacial score (nSPS) is 21.8. The van der Waals surface area contributed by atoms with Crippen molar-refractivity contribution in [3.63, 3.8) is 0 Å². The third kappa shape index (κ3) is 2.44. The van der Waals surface area contributed by atoms with E-state index >= 15 is 0 Å². The minimum atomic E-state index is 0.376. The summed E-state index contributed by atoms with van der Waals surface area (Å²) in [5.74, 6) is 1.22. The van der Waals surface area contributed by atoms with Gasteiger partial charge in [0.2, 0.25) is 5.88 Å². The predicted molar refractivity (Wildman–Crippen MR) is 62.8 cm³/mol. The zero-order valence-corrected chi connectivity index (χ0v) is 9.77. The Bertz CT molecular complexity index is 338. The van der Waals surface area contributed by atoms with Crippen LogP contribution in [-0.4, -0.2) is 31.3 Å². The highest BCUT2D eigenvalue weighted by molar-refractivity contribution is 5.52. The first-order chi connectivity index (χ1) is 7.81. The Morgan fingerprint density at radius 2 is 2.50 bits per heavy atom. The van der Waals surface area contributed by atoms with Gasteiger partial charge in [-0.3, -0.25) is 0 Å². The van der Waals surface area contributed by atoms with Gasteiger partial charge in [0.05, 0.1) is 19.4 Å². The molecule has 0 saturated carbocycles. The van der Waals surface area contributed by atoms with Crippen LogP contribution in [0.3, 0.4) is 0 Å².